The van der Waals surface area contributed by atoms with Crippen molar-refractivity contribution in [2.24, 2.45) is 10.9 Å². The normalized spacial score (nSPS) is 14.9. The van der Waals surface area contributed by atoms with E-state index in [0.717, 1.165) is 24.7 Å². The molecule has 0 radical (unpaired) electrons. The highest BCUT2D eigenvalue weighted by Gasteiger charge is 2.09. The summed E-state index contributed by atoms with van der Waals surface area (Å²) in [7, 11) is 3.48. The molecule has 2 unspecified atom stereocenters. The zero-order valence-electron chi connectivity index (χ0n) is 14.1. The molecule has 0 amide bonds. The van der Waals surface area contributed by atoms with Gasteiger partial charge in [-0.3, -0.25) is 9.67 Å². The first-order valence-corrected chi connectivity index (χ1v) is 7.43. The minimum Gasteiger partial charge on any atom is -0.383 e. The second-order valence-electron chi connectivity index (χ2n) is 5.67. The Morgan fingerprint density at radius 1 is 1.43 bits per heavy atom. The molecule has 21 heavy (non-hydrogen) atoms. The summed E-state index contributed by atoms with van der Waals surface area (Å²) in [5.41, 5.74) is 2.27. The summed E-state index contributed by atoms with van der Waals surface area (Å²) < 4.78 is 7.17. The van der Waals surface area contributed by atoms with Crippen LogP contribution in [0.4, 0.5) is 0 Å². The van der Waals surface area contributed by atoms with Crippen LogP contribution in [0.1, 0.15) is 25.2 Å². The smallest absolute Gasteiger partial charge is 0.191 e. The van der Waals surface area contributed by atoms with Gasteiger partial charge in [0.2, 0.25) is 0 Å². The van der Waals surface area contributed by atoms with Crippen LogP contribution in [0.15, 0.2) is 11.1 Å². The van der Waals surface area contributed by atoms with E-state index < -0.39 is 0 Å². The SMILES string of the molecule is CN=C(NCC(C)Cn1nc(C)cc1C)NC(C)COC. The molecule has 1 aromatic rings. The summed E-state index contributed by atoms with van der Waals surface area (Å²) in [6.45, 7) is 10.8. The fraction of sp³-hybridized carbons (Fsp3) is 0.733. The van der Waals surface area contributed by atoms with Gasteiger partial charge >= 0.3 is 0 Å². The monoisotopic (exact) mass is 295 g/mol. The number of nitrogens with zero attached hydrogens (tertiary/aromatic N) is 3. The Kier molecular flexibility index (Phi) is 7.22. The number of hydrogen-bond donors (Lipinski definition) is 2. The summed E-state index contributed by atoms with van der Waals surface area (Å²) in [5, 5.41) is 11.1. The van der Waals surface area contributed by atoms with E-state index >= 15 is 0 Å². The third-order valence-corrected chi connectivity index (χ3v) is 3.23. The fourth-order valence-corrected chi connectivity index (χ4v) is 2.21. The molecule has 0 saturated carbocycles. The molecule has 2 N–H and O–H groups in total. The number of aliphatic imine (C=N–C) groups is 1. The zero-order valence-corrected chi connectivity index (χ0v) is 14.1. The van der Waals surface area contributed by atoms with Gasteiger partial charge in [0.15, 0.2) is 5.96 Å². The molecule has 120 valence electrons. The van der Waals surface area contributed by atoms with Crippen molar-refractivity contribution in [1.29, 1.82) is 0 Å². The predicted molar refractivity (Wildman–Crippen MR) is 86.7 cm³/mol. The van der Waals surface area contributed by atoms with Crippen LogP contribution in [0, 0.1) is 19.8 Å². The van der Waals surface area contributed by atoms with Crippen molar-refractivity contribution in [1.82, 2.24) is 20.4 Å². The van der Waals surface area contributed by atoms with Crippen LogP contribution in [0.5, 0.6) is 0 Å². The quantitative estimate of drug-likeness (QED) is 0.588. The zero-order chi connectivity index (χ0) is 15.8. The van der Waals surface area contributed by atoms with Gasteiger partial charge in [-0.25, -0.2) is 0 Å². The van der Waals surface area contributed by atoms with Gasteiger partial charge in [-0.1, -0.05) is 6.92 Å². The Hall–Kier alpha value is -1.56. The average molecular weight is 295 g/mol. The number of aryl methyl sites for hydroxylation is 2. The van der Waals surface area contributed by atoms with Gasteiger partial charge in [0.05, 0.1) is 12.3 Å². The van der Waals surface area contributed by atoms with Gasteiger partial charge < -0.3 is 15.4 Å². The molecule has 0 saturated heterocycles. The lowest BCUT2D eigenvalue weighted by Gasteiger charge is -2.19. The van der Waals surface area contributed by atoms with Gasteiger partial charge in [-0.05, 0) is 32.8 Å². The second-order valence-corrected chi connectivity index (χ2v) is 5.67. The molecule has 1 heterocycles. The van der Waals surface area contributed by atoms with Crippen LogP contribution >= 0.6 is 0 Å². The van der Waals surface area contributed by atoms with Crippen LogP contribution < -0.4 is 10.6 Å². The highest BCUT2D eigenvalue weighted by Crippen LogP contribution is 2.05. The molecular formula is C15H29N5O. The lowest BCUT2D eigenvalue weighted by Crippen LogP contribution is -2.45. The number of ether oxygens (including phenoxy) is 1. The molecule has 0 aliphatic carbocycles. The summed E-state index contributed by atoms with van der Waals surface area (Å²) in [5.74, 6) is 1.26. The van der Waals surface area contributed by atoms with Crippen molar-refractivity contribution in [2.75, 3.05) is 27.3 Å². The van der Waals surface area contributed by atoms with Gasteiger partial charge in [0, 0.05) is 39.0 Å². The first-order valence-electron chi connectivity index (χ1n) is 7.43. The number of aromatic nitrogens is 2. The number of rotatable bonds is 7. The molecule has 0 aliphatic heterocycles. The van der Waals surface area contributed by atoms with Crippen molar-refractivity contribution in [2.45, 2.75) is 40.3 Å². The summed E-state index contributed by atoms with van der Waals surface area (Å²) >= 11 is 0. The Balaban J connectivity index is 2.40. The van der Waals surface area contributed by atoms with Crippen molar-refractivity contribution in [3.8, 4) is 0 Å². The molecule has 6 heteroatoms. The molecular weight excluding hydrogens is 266 g/mol. The molecule has 0 aromatic carbocycles. The maximum Gasteiger partial charge on any atom is 0.191 e. The van der Waals surface area contributed by atoms with Gasteiger partial charge in [-0.15, -0.1) is 0 Å². The number of hydrogen-bond acceptors (Lipinski definition) is 3. The van der Waals surface area contributed by atoms with E-state index in [4.69, 9.17) is 4.74 Å². The largest absolute Gasteiger partial charge is 0.383 e. The number of nitrogens with one attached hydrogen (secondary N) is 2. The van der Waals surface area contributed by atoms with E-state index in [1.165, 1.54) is 5.69 Å². The minimum absolute atomic E-state index is 0.229. The van der Waals surface area contributed by atoms with Gasteiger partial charge in [0.1, 0.15) is 0 Å². The van der Waals surface area contributed by atoms with Crippen molar-refractivity contribution >= 4 is 5.96 Å². The van der Waals surface area contributed by atoms with Crippen LogP contribution in [0.25, 0.3) is 0 Å². The molecule has 1 rings (SSSR count). The van der Waals surface area contributed by atoms with Crippen LogP contribution in [-0.4, -0.2) is 49.1 Å². The van der Waals surface area contributed by atoms with Crippen LogP contribution in [0.3, 0.4) is 0 Å². The van der Waals surface area contributed by atoms with E-state index in [9.17, 15) is 0 Å². The topological polar surface area (TPSA) is 63.5 Å². The Morgan fingerprint density at radius 3 is 2.67 bits per heavy atom. The van der Waals surface area contributed by atoms with Gasteiger partial charge in [0.25, 0.3) is 0 Å². The van der Waals surface area contributed by atoms with Crippen molar-refractivity contribution in [3.05, 3.63) is 17.5 Å². The Bertz CT molecular complexity index is 455. The Labute approximate surface area is 128 Å². The summed E-state index contributed by atoms with van der Waals surface area (Å²) in [4.78, 5) is 4.23. The fourth-order valence-electron chi connectivity index (χ4n) is 2.21. The maximum absolute atomic E-state index is 5.11. The highest BCUT2D eigenvalue weighted by atomic mass is 16.5. The van der Waals surface area contributed by atoms with Crippen molar-refractivity contribution < 1.29 is 4.74 Å². The van der Waals surface area contributed by atoms with E-state index in [1.807, 2.05) is 6.92 Å². The lowest BCUT2D eigenvalue weighted by molar-refractivity contribution is 0.179. The molecule has 0 fully saturated rings. The lowest BCUT2D eigenvalue weighted by atomic mass is 10.2. The van der Waals surface area contributed by atoms with Crippen LogP contribution in [-0.2, 0) is 11.3 Å². The van der Waals surface area contributed by atoms with Crippen molar-refractivity contribution in [3.63, 3.8) is 0 Å². The van der Waals surface area contributed by atoms with Gasteiger partial charge in [-0.2, -0.15) is 5.10 Å². The first-order chi connectivity index (χ1) is 9.96. The molecule has 1 aromatic heterocycles. The molecule has 0 bridgehead atoms. The summed E-state index contributed by atoms with van der Waals surface area (Å²) in [6.07, 6.45) is 0. The predicted octanol–water partition coefficient (Wildman–Crippen LogP) is 1.34. The Morgan fingerprint density at radius 2 is 2.14 bits per heavy atom. The third kappa shape index (κ3) is 6.16. The first kappa shape index (κ1) is 17.5. The highest BCUT2D eigenvalue weighted by molar-refractivity contribution is 5.79. The van der Waals surface area contributed by atoms with E-state index in [1.54, 1.807) is 14.2 Å². The molecule has 0 aliphatic rings. The van der Waals surface area contributed by atoms with Crippen LogP contribution in [0.2, 0.25) is 0 Å². The minimum atomic E-state index is 0.229. The molecule has 0 spiro atoms. The maximum atomic E-state index is 5.11. The third-order valence-electron chi connectivity index (χ3n) is 3.23. The molecule has 2 atom stereocenters. The summed E-state index contributed by atoms with van der Waals surface area (Å²) in [6, 6.07) is 2.33. The standard InChI is InChI=1S/C15H29N5O/c1-11(9-20-14(4)7-12(2)19-20)8-17-15(16-5)18-13(3)10-21-6/h7,11,13H,8-10H2,1-6H3,(H2,16,17,18). The second kappa shape index (κ2) is 8.67. The number of methoxy groups -OCH3 is 1. The molecule has 6 nitrogen and oxygen atoms in total. The van der Waals surface area contributed by atoms with E-state index in [2.05, 4.69) is 52.2 Å². The average Bonchev–Trinajstić information content (AvgIpc) is 2.73. The number of guanidine groups is 1. The van der Waals surface area contributed by atoms with E-state index in [0.29, 0.717) is 12.5 Å². The van der Waals surface area contributed by atoms with E-state index in [-0.39, 0.29) is 6.04 Å².